The first-order valence-corrected chi connectivity index (χ1v) is 9.97. The largest absolute Gasteiger partial charge is 0.496 e. The monoisotopic (exact) mass is 514 g/mol. The van der Waals surface area contributed by atoms with Gasteiger partial charge in [0.1, 0.15) is 24.7 Å². The van der Waals surface area contributed by atoms with E-state index in [0.717, 1.165) is 20.1 Å². The lowest BCUT2D eigenvalue weighted by Gasteiger charge is -2.11. The second kappa shape index (κ2) is 11.1. The van der Waals surface area contributed by atoms with E-state index in [1.54, 1.807) is 26.4 Å². The van der Waals surface area contributed by atoms with Crippen molar-refractivity contribution in [3.05, 3.63) is 56.5 Å². The number of ether oxygens (including phenoxy) is 4. The highest BCUT2D eigenvalue weighted by Crippen LogP contribution is 2.25. The molecule has 0 aliphatic heterocycles. The first-order chi connectivity index (χ1) is 13.4. The molecule has 0 heterocycles. The quantitative estimate of drug-likeness (QED) is 0.447. The Bertz CT molecular complexity index is 768. The Morgan fingerprint density at radius 2 is 1.14 bits per heavy atom. The van der Waals surface area contributed by atoms with Crippen molar-refractivity contribution in [1.82, 2.24) is 0 Å². The molecule has 28 heavy (non-hydrogen) atoms. The van der Waals surface area contributed by atoms with Crippen LogP contribution in [0.25, 0.3) is 0 Å². The average Bonchev–Trinajstić information content (AvgIpc) is 2.69. The Labute approximate surface area is 180 Å². The van der Waals surface area contributed by atoms with Gasteiger partial charge in [-0.05, 0) is 36.4 Å². The summed E-state index contributed by atoms with van der Waals surface area (Å²) in [6.45, 7) is 0.122. The van der Waals surface area contributed by atoms with Gasteiger partial charge < -0.3 is 18.9 Å². The van der Waals surface area contributed by atoms with Gasteiger partial charge >= 0.3 is 11.9 Å². The average molecular weight is 516 g/mol. The summed E-state index contributed by atoms with van der Waals surface area (Å²) >= 11 is 6.73. The molecule has 0 atom stereocenters. The van der Waals surface area contributed by atoms with Crippen LogP contribution in [0, 0.1) is 0 Å². The van der Waals surface area contributed by atoms with Crippen LogP contribution in [0.5, 0.6) is 11.5 Å². The summed E-state index contributed by atoms with van der Waals surface area (Å²) < 4.78 is 22.6. The van der Waals surface area contributed by atoms with E-state index in [0.29, 0.717) is 11.5 Å². The molecule has 0 aliphatic rings. The van der Waals surface area contributed by atoms with E-state index in [1.165, 1.54) is 0 Å². The minimum Gasteiger partial charge on any atom is -0.496 e. The number of rotatable bonds is 9. The summed E-state index contributed by atoms with van der Waals surface area (Å²) in [5.74, 6) is 0.273. The highest BCUT2D eigenvalue weighted by atomic mass is 79.9. The van der Waals surface area contributed by atoms with Gasteiger partial charge in [-0.15, -0.1) is 0 Å². The zero-order chi connectivity index (χ0) is 20.5. The van der Waals surface area contributed by atoms with Crippen LogP contribution in [-0.4, -0.2) is 26.2 Å². The predicted molar refractivity (Wildman–Crippen MR) is 110 cm³/mol. The molecule has 0 bridgehead atoms. The standard InChI is InChI=1S/C20H20Br2O6/c1-25-17-5-3-15(21)9-13(17)11-27-19(23)7-8-20(24)28-12-14-10-16(22)4-6-18(14)26-2/h3-6,9-10H,7-8,11-12H2,1-2H3. The minimum absolute atomic E-state index is 0.0612. The number of hydrogen-bond acceptors (Lipinski definition) is 6. The number of esters is 2. The molecular weight excluding hydrogens is 496 g/mol. The molecule has 0 unspecified atom stereocenters. The zero-order valence-electron chi connectivity index (χ0n) is 15.5. The third-order valence-corrected chi connectivity index (χ3v) is 4.78. The summed E-state index contributed by atoms with van der Waals surface area (Å²) in [7, 11) is 3.09. The summed E-state index contributed by atoms with van der Waals surface area (Å²) in [6, 6.07) is 10.8. The topological polar surface area (TPSA) is 71.1 Å². The maximum Gasteiger partial charge on any atom is 0.306 e. The van der Waals surface area contributed by atoms with Crippen LogP contribution in [0.15, 0.2) is 45.3 Å². The molecule has 2 rings (SSSR count). The predicted octanol–water partition coefficient (Wildman–Crippen LogP) is 4.80. The van der Waals surface area contributed by atoms with Gasteiger partial charge in [0.05, 0.1) is 27.1 Å². The number of carbonyl (C=O) groups is 2. The van der Waals surface area contributed by atoms with Gasteiger partial charge in [-0.25, -0.2) is 0 Å². The van der Waals surface area contributed by atoms with Gasteiger partial charge in [0.2, 0.25) is 0 Å². The van der Waals surface area contributed by atoms with Gasteiger partial charge in [0.15, 0.2) is 0 Å². The van der Waals surface area contributed by atoms with Gasteiger partial charge in [0, 0.05) is 20.1 Å². The van der Waals surface area contributed by atoms with Crippen LogP contribution in [0.3, 0.4) is 0 Å². The lowest BCUT2D eigenvalue weighted by Crippen LogP contribution is -2.11. The Balaban J connectivity index is 1.78. The van der Waals surface area contributed by atoms with Gasteiger partial charge in [-0.3, -0.25) is 9.59 Å². The Kier molecular flexibility index (Phi) is 8.79. The Morgan fingerprint density at radius 1 is 0.750 bits per heavy atom. The normalized spacial score (nSPS) is 10.3. The van der Waals surface area contributed by atoms with E-state index in [1.807, 2.05) is 24.3 Å². The Morgan fingerprint density at radius 3 is 1.50 bits per heavy atom. The molecular formula is C20H20Br2O6. The van der Waals surface area contributed by atoms with E-state index < -0.39 is 11.9 Å². The maximum atomic E-state index is 11.9. The smallest absolute Gasteiger partial charge is 0.306 e. The van der Waals surface area contributed by atoms with Crippen molar-refractivity contribution < 1.29 is 28.5 Å². The van der Waals surface area contributed by atoms with Crippen molar-refractivity contribution in [3.8, 4) is 11.5 Å². The van der Waals surface area contributed by atoms with Crippen LogP contribution < -0.4 is 9.47 Å². The van der Waals surface area contributed by atoms with Crippen LogP contribution in [0.1, 0.15) is 24.0 Å². The molecule has 0 saturated carbocycles. The van der Waals surface area contributed by atoms with Gasteiger partial charge in [-0.1, -0.05) is 31.9 Å². The second-order valence-corrected chi connectivity index (χ2v) is 7.57. The highest BCUT2D eigenvalue weighted by Gasteiger charge is 2.13. The van der Waals surface area contributed by atoms with E-state index in [-0.39, 0.29) is 26.1 Å². The summed E-state index contributed by atoms with van der Waals surface area (Å²) in [5, 5.41) is 0. The first kappa shape index (κ1) is 22.2. The van der Waals surface area contributed by atoms with Crippen LogP contribution in [0.4, 0.5) is 0 Å². The summed E-state index contributed by atoms with van der Waals surface area (Å²) in [5.41, 5.74) is 1.46. The SMILES string of the molecule is COc1ccc(Br)cc1COC(=O)CCC(=O)OCc1cc(Br)ccc1OC. The van der Waals surface area contributed by atoms with Crippen LogP contribution >= 0.6 is 31.9 Å². The van der Waals surface area contributed by atoms with Crippen LogP contribution in [-0.2, 0) is 32.3 Å². The lowest BCUT2D eigenvalue weighted by atomic mass is 10.2. The number of carbonyl (C=O) groups excluding carboxylic acids is 2. The lowest BCUT2D eigenvalue weighted by molar-refractivity contribution is -0.151. The zero-order valence-corrected chi connectivity index (χ0v) is 18.7. The van der Waals surface area contributed by atoms with Crippen molar-refractivity contribution in [2.24, 2.45) is 0 Å². The van der Waals surface area contributed by atoms with Crippen molar-refractivity contribution in [1.29, 1.82) is 0 Å². The molecule has 2 aromatic rings. The third-order valence-electron chi connectivity index (χ3n) is 3.80. The fourth-order valence-corrected chi connectivity index (χ4v) is 3.20. The molecule has 0 N–H and O–H groups in total. The number of methoxy groups -OCH3 is 2. The van der Waals surface area contributed by atoms with Crippen molar-refractivity contribution >= 4 is 43.8 Å². The van der Waals surface area contributed by atoms with Crippen molar-refractivity contribution in [2.45, 2.75) is 26.1 Å². The van der Waals surface area contributed by atoms with E-state index >= 15 is 0 Å². The molecule has 2 aromatic carbocycles. The van der Waals surface area contributed by atoms with E-state index in [4.69, 9.17) is 18.9 Å². The molecule has 0 spiro atoms. The van der Waals surface area contributed by atoms with Crippen LogP contribution in [0.2, 0.25) is 0 Å². The summed E-state index contributed by atoms with van der Waals surface area (Å²) in [4.78, 5) is 23.8. The Hall–Kier alpha value is -2.06. The maximum absolute atomic E-state index is 11.9. The van der Waals surface area contributed by atoms with Crippen molar-refractivity contribution in [2.75, 3.05) is 14.2 Å². The molecule has 0 aromatic heterocycles. The fourth-order valence-electron chi connectivity index (χ4n) is 2.38. The second-order valence-electron chi connectivity index (χ2n) is 5.73. The summed E-state index contributed by atoms with van der Waals surface area (Å²) in [6.07, 6.45) is -0.129. The number of halogens is 2. The molecule has 0 saturated heterocycles. The number of hydrogen-bond donors (Lipinski definition) is 0. The molecule has 0 radical (unpaired) electrons. The van der Waals surface area contributed by atoms with Gasteiger partial charge in [-0.2, -0.15) is 0 Å². The molecule has 150 valence electrons. The molecule has 0 aliphatic carbocycles. The molecule has 8 heteroatoms. The van der Waals surface area contributed by atoms with E-state index in [2.05, 4.69) is 31.9 Å². The fraction of sp³-hybridized carbons (Fsp3) is 0.300. The highest BCUT2D eigenvalue weighted by molar-refractivity contribution is 9.10. The molecule has 0 fully saturated rings. The molecule has 0 amide bonds. The van der Waals surface area contributed by atoms with Gasteiger partial charge in [0.25, 0.3) is 0 Å². The number of benzene rings is 2. The van der Waals surface area contributed by atoms with Crippen molar-refractivity contribution in [3.63, 3.8) is 0 Å². The minimum atomic E-state index is -0.487. The van der Waals surface area contributed by atoms with E-state index in [9.17, 15) is 9.59 Å². The first-order valence-electron chi connectivity index (χ1n) is 8.39. The third kappa shape index (κ3) is 6.83. The molecule has 6 nitrogen and oxygen atoms in total.